The van der Waals surface area contributed by atoms with Crippen molar-refractivity contribution in [3.8, 4) is 5.75 Å². The second-order valence-corrected chi connectivity index (χ2v) is 6.78. The summed E-state index contributed by atoms with van der Waals surface area (Å²) in [4.78, 5) is 12.8. The Morgan fingerprint density at radius 2 is 2.05 bits per heavy atom. The Morgan fingerprint density at radius 3 is 2.81 bits per heavy atom. The number of carbonyl (C=O) groups excluding carboxylic acids is 1. The van der Waals surface area contributed by atoms with Gasteiger partial charge in [0.2, 0.25) is 0 Å². The van der Waals surface area contributed by atoms with Crippen LogP contribution in [0.2, 0.25) is 0 Å². The fourth-order valence-corrected chi connectivity index (χ4v) is 3.75. The summed E-state index contributed by atoms with van der Waals surface area (Å²) in [5.74, 6) is 0.341. The Morgan fingerprint density at radius 1 is 1.24 bits per heavy atom. The molecule has 3 rings (SSSR count). The Labute approximate surface area is 132 Å². The van der Waals surface area contributed by atoms with Crippen LogP contribution in [-0.2, 0) is 0 Å². The number of amides is 1. The van der Waals surface area contributed by atoms with E-state index in [9.17, 15) is 9.90 Å². The van der Waals surface area contributed by atoms with Gasteiger partial charge >= 0.3 is 0 Å². The van der Waals surface area contributed by atoms with E-state index in [1.807, 2.05) is 30.3 Å². The van der Waals surface area contributed by atoms with Crippen LogP contribution in [0.3, 0.4) is 0 Å². The van der Waals surface area contributed by atoms with Gasteiger partial charge in [-0.15, -0.1) is 0 Å². The molecule has 2 unspecified atom stereocenters. The second-order valence-electron chi connectivity index (χ2n) is 5.60. The van der Waals surface area contributed by atoms with E-state index in [-0.39, 0.29) is 11.7 Å². The summed E-state index contributed by atoms with van der Waals surface area (Å²) < 4.78 is 0. The molecule has 0 bridgehead atoms. The van der Waals surface area contributed by atoms with Crippen molar-refractivity contribution in [1.82, 2.24) is 5.32 Å². The second kappa shape index (κ2) is 6.06. The van der Waals surface area contributed by atoms with Crippen LogP contribution >= 0.6 is 15.9 Å². The predicted molar refractivity (Wildman–Crippen MR) is 88.0 cm³/mol. The molecule has 0 radical (unpaired) electrons. The van der Waals surface area contributed by atoms with E-state index in [0.717, 1.165) is 11.8 Å². The fraction of sp³-hybridized carbons (Fsp3) is 0.353. The molecule has 2 aromatic rings. The fourth-order valence-electron chi connectivity index (χ4n) is 2.98. The van der Waals surface area contributed by atoms with E-state index in [4.69, 9.17) is 0 Å². The van der Waals surface area contributed by atoms with E-state index < -0.39 is 0 Å². The highest BCUT2D eigenvalue weighted by Gasteiger charge is 2.25. The summed E-state index contributed by atoms with van der Waals surface area (Å²) in [6, 6.07) is 11.1. The van der Waals surface area contributed by atoms with E-state index in [1.54, 1.807) is 6.07 Å². The standard InChI is InChI=1S/C17H18BrNO2/c18-15-7-3-5-12(15)10-19-17(21)14-9-8-11-4-1-2-6-13(11)16(14)20/h1-2,4,6,8-9,12,15,20H,3,5,7,10H2,(H,19,21). The first-order valence-electron chi connectivity index (χ1n) is 7.30. The molecule has 21 heavy (non-hydrogen) atoms. The van der Waals surface area contributed by atoms with Crippen molar-refractivity contribution in [2.24, 2.45) is 5.92 Å². The van der Waals surface area contributed by atoms with Crippen LogP contribution in [0.15, 0.2) is 36.4 Å². The third-order valence-corrected chi connectivity index (χ3v) is 5.44. The summed E-state index contributed by atoms with van der Waals surface area (Å²) >= 11 is 3.66. The average molecular weight is 348 g/mol. The van der Waals surface area contributed by atoms with Gasteiger partial charge in [-0.25, -0.2) is 0 Å². The van der Waals surface area contributed by atoms with Gasteiger partial charge in [0, 0.05) is 16.8 Å². The van der Waals surface area contributed by atoms with Crippen molar-refractivity contribution in [2.75, 3.05) is 6.54 Å². The molecule has 0 spiro atoms. The largest absolute Gasteiger partial charge is 0.506 e. The third-order valence-electron chi connectivity index (χ3n) is 4.24. The Kier molecular flexibility index (Phi) is 4.15. The molecular formula is C17H18BrNO2. The van der Waals surface area contributed by atoms with E-state index >= 15 is 0 Å². The van der Waals surface area contributed by atoms with Gasteiger partial charge in [-0.3, -0.25) is 4.79 Å². The first-order chi connectivity index (χ1) is 10.2. The number of nitrogens with one attached hydrogen (secondary N) is 1. The Hall–Kier alpha value is -1.55. The maximum Gasteiger partial charge on any atom is 0.255 e. The zero-order valence-corrected chi connectivity index (χ0v) is 13.3. The molecule has 2 aromatic carbocycles. The van der Waals surface area contributed by atoms with Crippen LogP contribution in [-0.4, -0.2) is 22.4 Å². The van der Waals surface area contributed by atoms with Gasteiger partial charge in [0.1, 0.15) is 5.75 Å². The highest BCUT2D eigenvalue weighted by molar-refractivity contribution is 9.09. The van der Waals surface area contributed by atoms with Crippen LogP contribution in [0.1, 0.15) is 29.6 Å². The number of fused-ring (bicyclic) bond motifs is 1. The Bertz CT molecular complexity index is 671. The van der Waals surface area contributed by atoms with Crippen molar-refractivity contribution < 1.29 is 9.90 Å². The molecule has 4 heteroatoms. The number of rotatable bonds is 3. The minimum Gasteiger partial charge on any atom is -0.506 e. The number of phenols is 1. The lowest BCUT2D eigenvalue weighted by atomic mass is 10.0. The first kappa shape index (κ1) is 14.4. The first-order valence-corrected chi connectivity index (χ1v) is 8.21. The molecule has 0 heterocycles. The summed E-state index contributed by atoms with van der Waals surface area (Å²) in [5.41, 5.74) is 0.345. The lowest BCUT2D eigenvalue weighted by Gasteiger charge is -2.15. The normalized spacial score (nSPS) is 21.6. The lowest BCUT2D eigenvalue weighted by molar-refractivity contribution is 0.0945. The number of hydrogen-bond donors (Lipinski definition) is 2. The molecule has 1 aliphatic rings. The van der Waals surface area contributed by atoms with Crippen LogP contribution in [0.25, 0.3) is 10.8 Å². The molecule has 3 nitrogen and oxygen atoms in total. The molecule has 2 atom stereocenters. The monoisotopic (exact) mass is 347 g/mol. The number of carbonyl (C=O) groups is 1. The summed E-state index contributed by atoms with van der Waals surface area (Å²) in [6.45, 7) is 0.654. The molecular weight excluding hydrogens is 330 g/mol. The van der Waals surface area contributed by atoms with Gasteiger partial charge in [-0.1, -0.05) is 52.7 Å². The van der Waals surface area contributed by atoms with Crippen LogP contribution in [0.4, 0.5) is 0 Å². The molecule has 1 saturated carbocycles. The highest BCUT2D eigenvalue weighted by Crippen LogP contribution is 2.31. The minimum atomic E-state index is -0.204. The predicted octanol–water partition coefficient (Wildman–Crippen LogP) is 3.84. The van der Waals surface area contributed by atoms with Gasteiger partial charge in [0.25, 0.3) is 5.91 Å². The lowest BCUT2D eigenvalue weighted by Crippen LogP contribution is -2.31. The summed E-state index contributed by atoms with van der Waals surface area (Å²) in [7, 11) is 0. The van der Waals surface area contributed by atoms with Gasteiger partial charge in [-0.05, 0) is 30.2 Å². The average Bonchev–Trinajstić information content (AvgIpc) is 2.91. The van der Waals surface area contributed by atoms with E-state index in [0.29, 0.717) is 28.2 Å². The van der Waals surface area contributed by atoms with Gasteiger partial charge < -0.3 is 10.4 Å². The molecule has 0 aliphatic heterocycles. The zero-order chi connectivity index (χ0) is 14.8. The minimum absolute atomic E-state index is 0.0624. The van der Waals surface area contributed by atoms with Crippen LogP contribution in [0, 0.1) is 5.92 Å². The van der Waals surface area contributed by atoms with E-state index in [2.05, 4.69) is 21.2 Å². The quantitative estimate of drug-likeness (QED) is 0.828. The van der Waals surface area contributed by atoms with E-state index in [1.165, 1.54) is 12.8 Å². The molecule has 2 N–H and O–H groups in total. The molecule has 1 fully saturated rings. The topological polar surface area (TPSA) is 49.3 Å². The van der Waals surface area contributed by atoms with Crippen molar-refractivity contribution >= 4 is 32.6 Å². The van der Waals surface area contributed by atoms with Crippen molar-refractivity contribution in [3.63, 3.8) is 0 Å². The molecule has 0 aromatic heterocycles. The maximum absolute atomic E-state index is 12.3. The smallest absolute Gasteiger partial charge is 0.255 e. The third kappa shape index (κ3) is 2.91. The zero-order valence-electron chi connectivity index (χ0n) is 11.7. The van der Waals surface area contributed by atoms with Crippen LogP contribution < -0.4 is 5.32 Å². The number of hydrogen-bond acceptors (Lipinski definition) is 2. The number of benzene rings is 2. The number of halogens is 1. The summed E-state index contributed by atoms with van der Waals surface area (Å²) in [6.07, 6.45) is 3.51. The van der Waals surface area contributed by atoms with Crippen molar-refractivity contribution in [1.29, 1.82) is 0 Å². The van der Waals surface area contributed by atoms with Crippen molar-refractivity contribution in [2.45, 2.75) is 24.1 Å². The maximum atomic E-state index is 12.3. The molecule has 0 saturated heterocycles. The Balaban J connectivity index is 1.77. The molecule has 1 amide bonds. The highest BCUT2D eigenvalue weighted by atomic mass is 79.9. The van der Waals surface area contributed by atoms with Crippen LogP contribution in [0.5, 0.6) is 5.75 Å². The SMILES string of the molecule is O=C(NCC1CCCC1Br)c1ccc2ccccc2c1O. The summed E-state index contributed by atoms with van der Waals surface area (Å²) in [5, 5.41) is 14.9. The van der Waals surface area contributed by atoms with Gasteiger partial charge in [0.05, 0.1) is 5.56 Å². The van der Waals surface area contributed by atoms with Crippen molar-refractivity contribution in [3.05, 3.63) is 42.0 Å². The number of phenolic OH excluding ortho intramolecular Hbond substituents is 1. The van der Waals surface area contributed by atoms with Gasteiger partial charge in [-0.2, -0.15) is 0 Å². The number of aromatic hydroxyl groups is 1. The number of alkyl halides is 1. The molecule has 110 valence electrons. The molecule has 1 aliphatic carbocycles. The van der Waals surface area contributed by atoms with Gasteiger partial charge in [0.15, 0.2) is 0 Å².